The molecule has 0 aromatic rings. The third kappa shape index (κ3) is 6.30. The predicted molar refractivity (Wildman–Crippen MR) is 52.4 cm³/mol. The second-order valence-electron chi connectivity index (χ2n) is 2.49. The summed E-state index contributed by atoms with van der Waals surface area (Å²) in [6.45, 7) is 3.60. The summed E-state index contributed by atoms with van der Waals surface area (Å²) in [5.41, 5.74) is 0. The zero-order valence-electron chi connectivity index (χ0n) is 9.05. The molecule has 0 unspecified atom stereocenters. The van der Waals surface area contributed by atoms with E-state index in [1.165, 1.54) is 14.2 Å². The molecule has 0 aliphatic rings. The second-order valence-corrected chi connectivity index (χ2v) is 5.24. The van der Waals surface area contributed by atoms with Crippen LogP contribution in [0.3, 0.4) is 0 Å². The molecule has 73 valence electrons. The molecular weight excluding hydrogens is 183 g/mol. The standard InChI is InChI=1S/C7H16O4Si.Li/c1-5-6-7(8)11-12(4,9-2)10-3;/h5-6H2,1-4H3;. The minimum atomic E-state index is -2.65. The van der Waals surface area contributed by atoms with Crippen LogP contribution in [0.5, 0.6) is 0 Å². The van der Waals surface area contributed by atoms with Crippen LogP contribution in [0.4, 0.5) is 0 Å². The molecule has 1 radical (unpaired) electrons. The van der Waals surface area contributed by atoms with Crippen molar-refractivity contribution in [3.63, 3.8) is 0 Å². The van der Waals surface area contributed by atoms with Crippen molar-refractivity contribution < 1.29 is 18.1 Å². The predicted octanol–water partition coefficient (Wildman–Crippen LogP) is 0.810. The van der Waals surface area contributed by atoms with Gasteiger partial charge >= 0.3 is 8.80 Å². The normalized spacial score (nSPS) is 10.5. The largest absolute Gasteiger partial charge is 0.564 e. The quantitative estimate of drug-likeness (QED) is 0.615. The van der Waals surface area contributed by atoms with Crippen molar-refractivity contribution in [1.82, 2.24) is 0 Å². The molecule has 13 heavy (non-hydrogen) atoms. The second kappa shape index (κ2) is 7.59. The Balaban J connectivity index is 0. The summed E-state index contributed by atoms with van der Waals surface area (Å²) in [7, 11) is 0.315. The molecule has 0 rings (SSSR count). The van der Waals surface area contributed by atoms with E-state index >= 15 is 0 Å². The van der Waals surface area contributed by atoms with Gasteiger partial charge < -0.3 is 13.3 Å². The summed E-state index contributed by atoms with van der Waals surface area (Å²) in [4.78, 5) is 11.0. The maximum absolute atomic E-state index is 11.0. The summed E-state index contributed by atoms with van der Waals surface area (Å²) < 4.78 is 15.0. The number of carbonyl (C=O) groups is 1. The first-order valence-electron chi connectivity index (χ1n) is 3.90. The van der Waals surface area contributed by atoms with Crippen LogP contribution >= 0.6 is 0 Å². The van der Waals surface area contributed by atoms with E-state index in [0.29, 0.717) is 6.42 Å². The molecule has 0 N–H and O–H groups in total. The Morgan fingerprint density at radius 2 is 1.77 bits per heavy atom. The molecule has 0 spiro atoms. The van der Waals surface area contributed by atoms with E-state index in [1.807, 2.05) is 6.92 Å². The molecule has 0 saturated carbocycles. The van der Waals surface area contributed by atoms with Gasteiger partial charge in [-0.15, -0.1) is 0 Å². The van der Waals surface area contributed by atoms with Crippen LogP contribution in [0, 0.1) is 0 Å². The zero-order chi connectivity index (χ0) is 9.61. The Labute approximate surface area is 92.5 Å². The van der Waals surface area contributed by atoms with E-state index in [0.717, 1.165) is 6.42 Å². The monoisotopic (exact) mass is 199 g/mol. The van der Waals surface area contributed by atoms with Crippen LogP contribution in [0.1, 0.15) is 19.8 Å². The average Bonchev–Trinajstić information content (AvgIpc) is 2.05. The van der Waals surface area contributed by atoms with Crippen molar-refractivity contribution >= 4 is 33.6 Å². The topological polar surface area (TPSA) is 44.8 Å². The molecular formula is C7H16LiO4Si. The Hall–Kier alpha value is 0.204. The van der Waals surface area contributed by atoms with Crippen molar-refractivity contribution in [2.45, 2.75) is 26.3 Å². The molecule has 0 aromatic carbocycles. The Bertz CT molecular complexity index is 149. The summed E-state index contributed by atoms with van der Waals surface area (Å²) in [6.07, 6.45) is 1.19. The van der Waals surface area contributed by atoms with Gasteiger partial charge in [0, 0.05) is 46.0 Å². The van der Waals surface area contributed by atoms with Crippen molar-refractivity contribution in [3.8, 4) is 0 Å². The van der Waals surface area contributed by atoms with Gasteiger partial charge in [-0.1, -0.05) is 6.92 Å². The molecule has 4 nitrogen and oxygen atoms in total. The van der Waals surface area contributed by atoms with Crippen molar-refractivity contribution in [3.05, 3.63) is 0 Å². The SMILES string of the molecule is CCCC(=O)O[Si](C)(OC)OC.[Li]. The third-order valence-electron chi connectivity index (χ3n) is 1.49. The Kier molecular flexibility index (Phi) is 9.15. The summed E-state index contributed by atoms with van der Waals surface area (Å²) in [5, 5.41) is 0. The van der Waals surface area contributed by atoms with Gasteiger partial charge in [-0.3, -0.25) is 4.79 Å². The van der Waals surface area contributed by atoms with Gasteiger partial charge in [0.25, 0.3) is 5.97 Å². The molecule has 0 aliphatic carbocycles. The first kappa shape index (κ1) is 15.7. The molecule has 0 aliphatic heterocycles. The molecule has 0 fully saturated rings. The van der Waals surface area contributed by atoms with Crippen molar-refractivity contribution in [2.24, 2.45) is 0 Å². The van der Waals surface area contributed by atoms with Gasteiger partial charge in [-0.25, -0.2) is 0 Å². The van der Waals surface area contributed by atoms with Gasteiger partial charge in [-0.2, -0.15) is 0 Å². The van der Waals surface area contributed by atoms with Crippen LogP contribution in [0.2, 0.25) is 6.55 Å². The maximum atomic E-state index is 11.0. The molecule has 0 aromatic heterocycles. The number of hydrogen-bond acceptors (Lipinski definition) is 4. The van der Waals surface area contributed by atoms with Crippen LogP contribution < -0.4 is 0 Å². The van der Waals surface area contributed by atoms with Crippen LogP contribution in [-0.4, -0.2) is 47.9 Å². The first-order chi connectivity index (χ1) is 5.58. The maximum Gasteiger partial charge on any atom is 0.564 e. The van der Waals surface area contributed by atoms with Crippen LogP contribution in [0.25, 0.3) is 0 Å². The average molecular weight is 199 g/mol. The van der Waals surface area contributed by atoms with Gasteiger partial charge in [0.2, 0.25) is 0 Å². The molecule has 0 saturated heterocycles. The fourth-order valence-corrected chi connectivity index (χ4v) is 1.48. The number of carbonyl (C=O) groups excluding carboxylic acids is 1. The van der Waals surface area contributed by atoms with Crippen LogP contribution in [0.15, 0.2) is 0 Å². The van der Waals surface area contributed by atoms with E-state index in [2.05, 4.69) is 0 Å². The Morgan fingerprint density at radius 3 is 2.08 bits per heavy atom. The van der Waals surface area contributed by atoms with E-state index in [-0.39, 0.29) is 24.8 Å². The van der Waals surface area contributed by atoms with E-state index in [4.69, 9.17) is 13.3 Å². The number of hydrogen-bond donors (Lipinski definition) is 0. The molecule has 0 amide bonds. The molecule has 0 atom stereocenters. The third-order valence-corrected chi connectivity index (χ3v) is 3.58. The Morgan fingerprint density at radius 1 is 1.31 bits per heavy atom. The first-order valence-corrected chi connectivity index (χ1v) is 6.12. The van der Waals surface area contributed by atoms with Gasteiger partial charge in [0.05, 0.1) is 0 Å². The van der Waals surface area contributed by atoms with Crippen molar-refractivity contribution in [2.75, 3.05) is 14.2 Å². The van der Waals surface area contributed by atoms with Gasteiger partial charge in [0.15, 0.2) is 0 Å². The van der Waals surface area contributed by atoms with E-state index < -0.39 is 8.80 Å². The summed E-state index contributed by atoms with van der Waals surface area (Å²) in [6, 6.07) is 0. The molecule has 6 heteroatoms. The van der Waals surface area contributed by atoms with Gasteiger partial charge in [-0.05, 0) is 6.42 Å². The fourth-order valence-electron chi connectivity index (χ4n) is 0.629. The van der Waals surface area contributed by atoms with E-state index in [1.54, 1.807) is 6.55 Å². The minimum absolute atomic E-state index is 0. The number of rotatable bonds is 5. The molecule has 0 heterocycles. The fraction of sp³-hybridized carbons (Fsp3) is 0.857. The van der Waals surface area contributed by atoms with Crippen molar-refractivity contribution in [1.29, 1.82) is 0 Å². The summed E-state index contributed by atoms with van der Waals surface area (Å²) in [5.74, 6) is -0.254. The summed E-state index contributed by atoms with van der Waals surface area (Å²) >= 11 is 0. The zero-order valence-corrected chi connectivity index (χ0v) is 10.0. The molecule has 0 bridgehead atoms. The van der Waals surface area contributed by atoms with E-state index in [9.17, 15) is 4.79 Å². The van der Waals surface area contributed by atoms with Gasteiger partial charge in [0.1, 0.15) is 0 Å². The smallest absolute Gasteiger partial charge is 0.473 e. The van der Waals surface area contributed by atoms with Crippen LogP contribution in [-0.2, 0) is 18.1 Å². The minimum Gasteiger partial charge on any atom is -0.473 e.